The quantitative estimate of drug-likeness (QED) is 0.0272. The number of rotatable bonds is 54. The molecule has 0 heterocycles. The molecule has 0 bridgehead atoms. The SMILES string of the molecule is CC/C=C\C/C=C\C/C=C\C/C=C\C/C=C\C/C=C\CCCCCCCCCCCCCCCCCCCCCCC(=O)NC(COP(=O)([O-])OCC[N+](C)(C)C)C(O)/C=C/CCCCCCCCCCC. The standard InChI is InChI=1S/C63H115N2O6P/c1-6-8-10-12-14-16-18-19-20-21-22-23-24-25-26-27-28-29-30-31-32-33-34-35-36-37-38-39-40-41-42-43-44-45-47-49-51-53-55-57-63(67)64-61(60-71-72(68,69)70-59-58-65(3,4)5)62(66)56-54-52-50-48-46-17-15-13-11-9-7-2/h8,10,14,16,19-20,22-23,25-26,28-29,54,56,61-62,66H,6-7,9,11-13,15,17-18,21,24,27,30-53,55,57-60H2,1-5H3,(H-,64,67,68,69)/b10-8-,16-14-,20-19-,23-22-,26-25-,29-28-,56-54+. The summed E-state index contributed by atoms with van der Waals surface area (Å²) >= 11 is 0. The highest BCUT2D eigenvalue weighted by molar-refractivity contribution is 7.45. The molecule has 1 amide bonds. The predicted molar refractivity (Wildman–Crippen MR) is 311 cm³/mol. The van der Waals surface area contributed by atoms with Crippen LogP contribution in [0.25, 0.3) is 0 Å². The van der Waals surface area contributed by atoms with Crippen molar-refractivity contribution >= 4 is 13.7 Å². The number of likely N-dealkylation sites (N-methyl/N-ethyl adjacent to an activating group) is 1. The fourth-order valence-electron chi connectivity index (χ4n) is 8.45. The van der Waals surface area contributed by atoms with Gasteiger partial charge in [-0.05, 0) is 70.6 Å². The molecule has 0 aromatic carbocycles. The van der Waals surface area contributed by atoms with E-state index in [1.165, 1.54) is 161 Å². The molecule has 2 N–H and O–H groups in total. The smallest absolute Gasteiger partial charge is 0.268 e. The molecule has 8 nitrogen and oxygen atoms in total. The highest BCUT2D eigenvalue weighted by Gasteiger charge is 2.23. The summed E-state index contributed by atoms with van der Waals surface area (Å²) in [5.41, 5.74) is 0. The van der Waals surface area contributed by atoms with Gasteiger partial charge in [0, 0.05) is 6.42 Å². The first-order valence-electron chi connectivity index (χ1n) is 29.9. The van der Waals surface area contributed by atoms with E-state index in [9.17, 15) is 19.4 Å². The molecule has 0 saturated heterocycles. The van der Waals surface area contributed by atoms with Crippen LogP contribution in [0.2, 0.25) is 0 Å². The second kappa shape index (κ2) is 53.5. The van der Waals surface area contributed by atoms with Crippen molar-refractivity contribution < 1.29 is 32.9 Å². The lowest BCUT2D eigenvalue weighted by molar-refractivity contribution is -0.870. The zero-order valence-corrected chi connectivity index (χ0v) is 48.5. The first kappa shape index (κ1) is 69.7. The largest absolute Gasteiger partial charge is 0.756 e. The number of carbonyl (C=O) groups is 1. The van der Waals surface area contributed by atoms with Gasteiger partial charge in [-0.25, -0.2) is 0 Å². The lowest BCUT2D eigenvalue weighted by Crippen LogP contribution is -2.45. The molecule has 0 aliphatic rings. The molecule has 0 radical (unpaired) electrons. The average Bonchev–Trinajstić information content (AvgIpc) is 3.34. The van der Waals surface area contributed by atoms with Crippen molar-refractivity contribution in [3.8, 4) is 0 Å². The number of aliphatic hydroxyl groups excluding tert-OH is 1. The van der Waals surface area contributed by atoms with E-state index in [-0.39, 0.29) is 19.1 Å². The Morgan fingerprint density at radius 1 is 0.500 bits per heavy atom. The molecule has 0 fully saturated rings. The number of allylic oxidation sites excluding steroid dienone is 13. The van der Waals surface area contributed by atoms with Gasteiger partial charge >= 0.3 is 0 Å². The highest BCUT2D eigenvalue weighted by Crippen LogP contribution is 2.38. The van der Waals surface area contributed by atoms with E-state index >= 15 is 0 Å². The second-order valence-electron chi connectivity index (χ2n) is 21.3. The minimum absolute atomic E-state index is 0.00189. The Labute approximate surface area is 446 Å². The summed E-state index contributed by atoms with van der Waals surface area (Å²) in [4.78, 5) is 25.4. The Balaban J connectivity index is 3.91. The van der Waals surface area contributed by atoms with Crippen LogP contribution in [-0.2, 0) is 18.4 Å². The van der Waals surface area contributed by atoms with E-state index < -0.39 is 20.0 Å². The van der Waals surface area contributed by atoms with E-state index in [1.807, 2.05) is 27.2 Å². The van der Waals surface area contributed by atoms with Crippen LogP contribution in [0.3, 0.4) is 0 Å². The summed E-state index contributed by atoms with van der Waals surface area (Å²) in [6.07, 6.45) is 75.4. The monoisotopic (exact) mass is 1030 g/mol. The molecular weight excluding hydrogens is 912 g/mol. The van der Waals surface area contributed by atoms with E-state index in [0.717, 1.165) is 77.0 Å². The highest BCUT2D eigenvalue weighted by atomic mass is 31.2. The Morgan fingerprint density at radius 3 is 1.24 bits per heavy atom. The lowest BCUT2D eigenvalue weighted by atomic mass is 10.0. The van der Waals surface area contributed by atoms with Crippen LogP contribution in [0.4, 0.5) is 0 Å². The first-order valence-corrected chi connectivity index (χ1v) is 31.4. The lowest BCUT2D eigenvalue weighted by Gasteiger charge is -2.29. The van der Waals surface area contributed by atoms with Gasteiger partial charge in [-0.1, -0.05) is 266 Å². The molecule has 0 spiro atoms. The van der Waals surface area contributed by atoms with Crippen molar-refractivity contribution in [2.24, 2.45) is 0 Å². The number of aliphatic hydroxyl groups is 1. The third-order valence-corrected chi connectivity index (χ3v) is 14.1. The van der Waals surface area contributed by atoms with Crippen molar-refractivity contribution in [1.29, 1.82) is 0 Å². The van der Waals surface area contributed by atoms with Gasteiger partial charge in [-0.15, -0.1) is 0 Å². The minimum Gasteiger partial charge on any atom is -0.756 e. The fourth-order valence-corrected chi connectivity index (χ4v) is 9.17. The van der Waals surface area contributed by atoms with E-state index in [0.29, 0.717) is 17.4 Å². The molecule has 0 aliphatic carbocycles. The molecule has 72 heavy (non-hydrogen) atoms. The second-order valence-corrected chi connectivity index (χ2v) is 22.7. The fraction of sp³-hybridized carbons (Fsp3) is 0.762. The number of nitrogens with zero attached hydrogens (tertiary/aromatic N) is 1. The van der Waals surface area contributed by atoms with Crippen LogP contribution < -0.4 is 10.2 Å². The van der Waals surface area contributed by atoms with Gasteiger partial charge < -0.3 is 28.8 Å². The van der Waals surface area contributed by atoms with Gasteiger partial charge in [0.2, 0.25) is 5.91 Å². The average molecular weight is 1030 g/mol. The molecule has 0 rings (SSSR count). The maximum atomic E-state index is 12.9. The normalized spacial score (nSPS) is 14.5. The molecule has 0 saturated carbocycles. The molecule has 418 valence electrons. The number of nitrogens with one attached hydrogen (secondary N) is 1. The van der Waals surface area contributed by atoms with Gasteiger partial charge in [0.05, 0.1) is 39.9 Å². The number of phosphoric ester groups is 1. The van der Waals surface area contributed by atoms with Crippen molar-refractivity contribution in [2.45, 2.75) is 270 Å². The van der Waals surface area contributed by atoms with Gasteiger partial charge in [0.25, 0.3) is 7.82 Å². The molecule has 3 unspecified atom stereocenters. The Kier molecular flexibility index (Phi) is 51.8. The van der Waals surface area contributed by atoms with E-state index in [1.54, 1.807) is 6.08 Å². The van der Waals surface area contributed by atoms with Gasteiger partial charge in [0.1, 0.15) is 13.2 Å². The van der Waals surface area contributed by atoms with Crippen molar-refractivity contribution in [3.63, 3.8) is 0 Å². The Morgan fingerprint density at radius 2 is 0.847 bits per heavy atom. The van der Waals surface area contributed by atoms with Crippen LogP contribution in [0, 0.1) is 0 Å². The van der Waals surface area contributed by atoms with Crippen LogP contribution in [0.5, 0.6) is 0 Å². The molecule has 3 atom stereocenters. The number of hydrogen-bond acceptors (Lipinski definition) is 6. The molecule has 9 heteroatoms. The topological polar surface area (TPSA) is 108 Å². The number of quaternary nitrogens is 1. The maximum Gasteiger partial charge on any atom is 0.268 e. The maximum absolute atomic E-state index is 12.9. The zero-order chi connectivity index (χ0) is 52.7. The van der Waals surface area contributed by atoms with Crippen LogP contribution in [0.15, 0.2) is 85.1 Å². The first-order chi connectivity index (χ1) is 35.0. The summed E-state index contributed by atoms with van der Waals surface area (Å²) in [7, 11) is 1.26. The van der Waals surface area contributed by atoms with Gasteiger partial charge in [-0.3, -0.25) is 9.36 Å². The summed E-state index contributed by atoms with van der Waals surface area (Å²) in [5, 5.41) is 13.8. The van der Waals surface area contributed by atoms with Crippen molar-refractivity contribution in [2.75, 3.05) is 40.9 Å². The predicted octanol–water partition coefficient (Wildman–Crippen LogP) is 17.8. The van der Waals surface area contributed by atoms with Crippen LogP contribution in [0.1, 0.15) is 258 Å². The van der Waals surface area contributed by atoms with Gasteiger partial charge in [-0.2, -0.15) is 0 Å². The number of amides is 1. The number of phosphoric acid groups is 1. The summed E-state index contributed by atoms with van der Waals surface area (Å²) in [6, 6.07) is -0.886. The Bertz CT molecular complexity index is 1450. The van der Waals surface area contributed by atoms with Gasteiger partial charge in [0.15, 0.2) is 0 Å². The van der Waals surface area contributed by atoms with Crippen molar-refractivity contribution in [1.82, 2.24) is 5.32 Å². The minimum atomic E-state index is -4.59. The van der Waals surface area contributed by atoms with E-state index in [2.05, 4.69) is 92.1 Å². The molecular formula is C63H115N2O6P. The molecule has 0 aromatic rings. The summed E-state index contributed by atoms with van der Waals surface area (Å²) < 4.78 is 23.3. The van der Waals surface area contributed by atoms with Crippen LogP contribution >= 0.6 is 7.82 Å². The summed E-state index contributed by atoms with van der Waals surface area (Å²) in [6.45, 7) is 4.52. The Hall–Kier alpha value is -2.32. The zero-order valence-electron chi connectivity index (χ0n) is 47.6. The number of carbonyl (C=O) groups excluding carboxylic acids is 1. The molecule has 0 aliphatic heterocycles. The number of hydrogen-bond donors (Lipinski definition) is 2. The van der Waals surface area contributed by atoms with Crippen LogP contribution in [-0.4, -0.2) is 68.5 Å². The third-order valence-electron chi connectivity index (χ3n) is 13.1. The van der Waals surface area contributed by atoms with Crippen molar-refractivity contribution in [3.05, 3.63) is 85.1 Å². The molecule has 0 aromatic heterocycles. The number of unbranched alkanes of at least 4 members (excludes halogenated alkanes) is 29. The summed E-state index contributed by atoms with van der Waals surface area (Å²) in [5.74, 6) is -0.198. The van der Waals surface area contributed by atoms with E-state index in [4.69, 9.17) is 9.05 Å². The third kappa shape index (κ3) is 55.4.